The minimum absolute atomic E-state index is 0.0468. The van der Waals surface area contributed by atoms with Gasteiger partial charge in [0.25, 0.3) is 50.1 Å². The van der Waals surface area contributed by atoms with Crippen LogP contribution in [-0.4, -0.2) is 203 Å². The summed E-state index contributed by atoms with van der Waals surface area (Å²) in [4.78, 5) is 62.5. The first-order valence-corrected chi connectivity index (χ1v) is 57.4. The lowest BCUT2D eigenvalue weighted by molar-refractivity contribution is 0.224. The molecule has 816 valence electrons. The molecular weight excluding hydrogens is 2020 g/mol. The van der Waals surface area contributed by atoms with Crippen LogP contribution < -0.4 is 73.9 Å². The molecule has 1 aliphatic carbocycles. The zero-order chi connectivity index (χ0) is 109. The first-order chi connectivity index (χ1) is 69.3. The fraction of sp³-hybridized carbons (Fsp3) is 0.624. The van der Waals surface area contributed by atoms with Gasteiger partial charge >= 0.3 is 30.2 Å². The number of hydrogen-bond acceptors (Lipinski definition) is 30. The Morgan fingerprint density at radius 2 is 0.595 bits per heavy atom. The van der Waals surface area contributed by atoms with E-state index >= 15 is 0 Å². The van der Waals surface area contributed by atoms with E-state index in [9.17, 15) is 66.1 Å². The lowest BCUT2D eigenvalue weighted by atomic mass is 9.92. The van der Waals surface area contributed by atoms with Crippen molar-refractivity contribution in [1.82, 2.24) is 121 Å². The minimum Gasteiger partial charge on any atom is -0.477 e. The zero-order valence-corrected chi connectivity index (χ0v) is 93.1. The van der Waals surface area contributed by atoms with E-state index in [4.69, 9.17) is 28.8 Å². The van der Waals surface area contributed by atoms with Gasteiger partial charge in [-0.25, -0.2) is 118 Å². The van der Waals surface area contributed by atoms with Gasteiger partial charge in [0.15, 0.2) is 24.5 Å². The molecule has 0 radical (unpaired) electrons. The highest BCUT2D eigenvalue weighted by molar-refractivity contribution is 7.91. The molecule has 10 aromatic rings. The molecule has 10 N–H and O–H groups in total. The molecule has 5 aliphatic heterocycles. The molecule has 55 heteroatoms. The summed E-state index contributed by atoms with van der Waals surface area (Å²) in [6.45, 7) is 58.9. The number of aryl methyl sites for hydroxylation is 7. The van der Waals surface area contributed by atoms with E-state index in [1.165, 1.54) is 67.2 Å². The summed E-state index contributed by atoms with van der Waals surface area (Å²) in [6, 6.07) is -2.41. The number of nitrogens with one attached hydrogen (secondary N) is 10. The standard InChI is InChI=1S/C20H30N6O4S.C19H30N6O4S.3C18H28N6O4S/c1-12(2)16-17(18(13(3)4)26(23-16)11-14-6-7-14)22-20(27)24-31(28,29)15-10-21-25-8-5-9-30-19(15)25;1-11(2)15-16(17(12(3)4)25(22-15)13(5)6)21-19(26)23-30(27,28)14-10-20-24-8-7-9-29-18(14)24;1-17(2,3)13-10-14(24(21-13)18(4,5)6)20-16(25)22-29(26,27)12-11-19-23-8-7-9-28-15(12)23;2*1-6-23-16(12(4)5)15(14(21-23)11(2)3)20-18(25)22-29(26,27)13-10-19-24-8-7-9-28-17(13)24/h10,12-14H,5-9,11H2,1-4H3,(H2,22,24,27);10-13H,7-9H2,1-6H3,(H2,21,23,26);10-11H,7-9H2,1-6H3,(H2,20,22,25);2*10-12H,6-9H2,1-5H3,(H2,20,22,25). The van der Waals surface area contributed by atoms with E-state index in [1.54, 1.807) is 10.7 Å². The maximum atomic E-state index is 12.8. The zero-order valence-electron chi connectivity index (χ0n) is 89.0. The van der Waals surface area contributed by atoms with Gasteiger partial charge in [-0.3, -0.25) is 24.0 Å². The molecule has 1 saturated carbocycles. The van der Waals surface area contributed by atoms with Gasteiger partial charge in [0.05, 0.1) is 144 Å². The average Bonchev–Trinajstić information content (AvgIpc) is 1.63. The highest BCUT2D eigenvalue weighted by Gasteiger charge is 2.40. The first kappa shape index (κ1) is 114. The summed E-state index contributed by atoms with van der Waals surface area (Å²) in [5.74, 6) is 2.41. The van der Waals surface area contributed by atoms with E-state index in [0.717, 1.165) is 72.8 Å². The number of anilines is 5. The van der Waals surface area contributed by atoms with Crippen molar-refractivity contribution in [1.29, 1.82) is 0 Å². The topological polar surface area (TPSA) is 601 Å². The first-order valence-electron chi connectivity index (χ1n) is 50.0. The van der Waals surface area contributed by atoms with Gasteiger partial charge in [0, 0.05) is 102 Å². The molecule has 50 nitrogen and oxygen atoms in total. The van der Waals surface area contributed by atoms with Gasteiger partial charge in [-0.05, 0) is 115 Å². The van der Waals surface area contributed by atoms with E-state index in [2.05, 4.69) is 91.4 Å². The lowest BCUT2D eigenvalue weighted by Crippen LogP contribution is -2.36. The number of nitrogens with zero attached hydrogens (tertiary/aromatic N) is 20. The van der Waals surface area contributed by atoms with Crippen LogP contribution in [-0.2, 0) is 113 Å². The third kappa shape index (κ3) is 26.4. The molecule has 16 rings (SSSR count). The molecule has 0 spiro atoms. The van der Waals surface area contributed by atoms with Crippen LogP contribution in [0.5, 0.6) is 29.4 Å². The fourth-order valence-electron chi connectivity index (χ4n) is 17.0. The number of fused-ring (bicyclic) bond motifs is 5. The van der Waals surface area contributed by atoms with Crippen molar-refractivity contribution >= 4 is 109 Å². The third-order valence-corrected chi connectivity index (χ3v) is 30.6. The lowest BCUT2D eigenvalue weighted by Gasteiger charge is -2.23. The molecule has 15 heterocycles. The van der Waals surface area contributed by atoms with Gasteiger partial charge in [0.2, 0.25) is 29.4 Å². The van der Waals surface area contributed by atoms with Crippen LogP contribution in [0.15, 0.2) is 61.5 Å². The van der Waals surface area contributed by atoms with E-state index in [0.29, 0.717) is 130 Å². The second-order valence-corrected chi connectivity index (χ2v) is 49.6. The van der Waals surface area contributed by atoms with E-state index in [1.807, 2.05) is 203 Å². The summed E-state index contributed by atoms with van der Waals surface area (Å²) in [6.07, 6.45) is 12.1. The number of carbonyl (C=O) groups is 5. The van der Waals surface area contributed by atoms with Gasteiger partial charge < -0.3 is 45.0 Å². The van der Waals surface area contributed by atoms with Crippen molar-refractivity contribution in [3.8, 4) is 29.4 Å². The highest BCUT2D eigenvalue weighted by atomic mass is 32.2. The van der Waals surface area contributed by atoms with Crippen LogP contribution in [0.25, 0.3) is 0 Å². The average molecular weight is 2160 g/mol. The molecule has 0 bridgehead atoms. The molecule has 0 unspecified atom stereocenters. The second-order valence-electron chi connectivity index (χ2n) is 41.4. The Bertz CT molecular complexity index is 6920. The minimum atomic E-state index is -4.15. The van der Waals surface area contributed by atoms with Crippen molar-refractivity contribution in [3.05, 3.63) is 88.3 Å². The Labute approximate surface area is 864 Å². The summed E-state index contributed by atoms with van der Waals surface area (Å²) in [5.41, 5.74) is 8.76. The number of sulfonamides is 5. The Kier molecular flexibility index (Phi) is 35.5. The molecule has 1 fully saturated rings. The predicted octanol–water partition coefficient (Wildman–Crippen LogP) is 13.9. The molecule has 10 amide bonds. The predicted molar refractivity (Wildman–Crippen MR) is 550 cm³/mol. The maximum Gasteiger partial charge on any atom is 0.334 e. The Morgan fingerprint density at radius 1 is 0.345 bits per heavy atom. The van der Waals surface area contributed by atoms with E-state index in [-0.39, 0.29) is 113 Å². The van der Waals surface area contributed by atoms with Crippen molar-refractivity contribution in [3.63, 3.8) is 0 Å². The quantitative estimate of drug-likeness (QED) is 0.0218. The second kappa shape index (κ2) is 46.1. The fourth-order valence-corrected chi connectivity index (χ4v) is 22.0. The van der Waals surface area contributed by atoms with Crippen LogP contribution in [0.2, 0.25) is 0 Å². The number of carbonyl (C=O) groups excluding carboxylic acids is 5. The normalized spacial score (nSPS) is 14.7. The van der Waals surface area contributed by atoms with Crippen LogP contribution in [0, 0.1) is 5.92 Å². The number of urea groups is 5. The number of hydrogen-bond donors (Lipinski definition) is 10. The molecule has 6 aliphatic rings. The van der Waals surface area contributed by atoms with Crippen LogP contribution in [0.3, 0.4) is 0 Å². The molecule has 0 saturated heterocycles. The van der Waals surface area contributed by atoms with Crippen molar-refractivity contribution in [2.75, 3.05) is 59.6 Å². The van der Waals surface area contributed by atoms with Crippen LogP contribution in [0.4, 0.5) is 52.5 Å². The van der Waals surface area contributed by atoms with Crippen molar-refractivity contribution < 1.29 is 89.7 Å². The largest absolute Gasteiger partial charge is 0.477 e. The molecule has 10 aromatic heterocycles. The Balaban J connectivity index is 0.000000164. The third-order valence-electron chi connectivity index (χ3n) is 24.1. The van der Waals surface area contributed by atoms with E-state index < -0.39 is 85.8 Å². The number of ether oxygens (including phenoxy) is 5. The molecule has 0 aromatic carbocycles. The Hall–Kier alpha value is -12.8. The van der Waals surface area contributed by atoms with Crippen LogP contribution in [0.1, 0.15) is 330 Å². The summed E-state index contributed by atoms with van der Waals surface area (Å²) in [5, 5.41) is 57.0. The monoisotopic (exact) mass is 2160 g/mol. The smallest absolute Gasteiger partial charge is 0.334 e. The molecular formula is C93H144N30O20S5. The number of amides is 10. The highest BCUT2D eigenvalue weighted by Crippen LogP contribution is 2.42. The van der Waals surface area contributed by atoms with Gasteiger partial charge in [-0.1, -0.05) is 132 Å². The van der Waals surface area contributed by atoms with Crippen molar-refractivity contribution in [2.45, 2.75) is 366 Å². The summed E-state index contributed by atoms with van der Waals surface area (Å²) in [7, 11) is -20.7. The summed E-state index contributed by atoms with van der Waals surface area (Å²) >= 11 is 0. The molecule has 0 atom stereocenters. The number of aromatic nitrogens is 20. The van der Waals surface area contributed by atoms with Crippen LogP contribution >= 0.6 is 0 Å². The maximum absolute atomic E-state index is 12.8. The number of rotatable bonds is 28. The van der Waals surface area contributed by atoms with Gasteiger partial charge in [0.1, 0.15) is 5.82 Å². The van der Waals surface area contributed by atoms with Crippen molar-refractivity contribution in [2.24, 2.45) is 5.92 Å². The molecule has 148 heavy (non-hydrogen) atoms. The Morgan fingerprint density at radius 3 is 0.831 bits per heavy atom. The van der Waals surface area contributed by atoms with Gasteiger partial charge in [-0.2, -0.15) is 51.0 Å². The summed E-state index contributed by atoms with van der Waals surface area (Å²) < 4.78 is 182. The van der Waals surface area contributed by atoms with Gasteiger partial charge in [-0.15, -0.1) is 0 Å². The SMILES string of the molecule is CC(C)(C)c1cc(NC(=O)NS(=O)(=O)c2cnn3c2OCCC3)n(C(C)(C)C)n1.CC(C)c1nn(C(C)C)c(C(C)C)c1NC(=O)NS(=O)(=O)c1cnn2c1OCCC2.CC(C)c1nn(CC2CC2)c(C(C)C)c1NC(=O)NS(=O)(=O)c1cnn2c1OCCC2.CCn1nc(C(C)C)c(NC(=O)NS(=O)(=O)c2cnn3c2OCCC3)c1C(C)C.CCn1nc(C(C)C)c(NC(=O)NS(=O)(=O)c2cnn3c2OCCC3)c1C(C)C.